The molecule has 2 amide bonds. The topological polar surface area (TPSA) is 75.7 Å². The van der Waals surface area contributed by atoms with E-state index >= 15 is 0 Å². The first-order valence-electron chi connectivity index (χ1n) is 5.85. The van der Waals surface area contributed by atoms with Crippen LogP contribution in [0.5, 0.6) is 0 Å². The van der Waals surface area contributed by atoms with Crippen molar-refractivity contribution in [3.8, 4) is 0 Å². The largest absolute Gasteiger partial charge is 0.468 e. The lowest BCUT2D eigenvalue weighted by Gasteiger charge is -2.15. The summed E-state index contributed by atoms with van der Waals surface area (Å²) in [5.74, 6) is -1.10. The van der Waals surface area contributed by atoms with Crippen LogP contribution in [-0.2, 0) is 19.1 Å². The molecule has 0 bridgehead atoms. The average Bonchev–Trinajstić information content (AvgIpc) is 2.71. The summed E-state index contributed by atoms with van der Waals surface area (Å²) in [5.41, 5.74) is 0.542. The van der Waals surface area contributed by atoms with Gasteiger partial charge in [0.2, 0.25) is 5.91 Å². The first-order chi connectivity index (χ1) is 9.13. The van der Waals surface area contributed by atoms with Crippen molar-refractivity contribution in [3.05, 3.63) is 30.3 Å². The van der Waals surface area contributed by atoms with Gasteiger partial charge in [0.05, 0.1) is 31.8 Å². The van der Waals surface area contributed by atoms with Gasteiger partial charge in [-0.2, -0.15) is 0 Å². The second kappa shape index (κ2) is 5.62. The summed E-state index contributed by atoms with van der Waals surface area (Å²) >= 11 is 0. The maximum atomic E-state index is 12.1. The molecule has 1 heterocycles. The minimum Gasteiger partial charge on any atom is -0.468 e. The van der Waals surface area contributed by atoms with Crippen LogP contribution < -0.4 is 10.2 Å². The molecule has 1 atom stereocenters. The van der Waals surface area contributed by atoms with Crippen LogP contribution in [0.15, 0.2) is 30.3 Å². The zero-order valence-electron chi connectivity index (χ0n) is 10.5. The molecule has 2 rings (SSSR count). The van der Waals surface area contributed by atoms with Crippen LogP contribution in [0.1, 0.15) is 6.42 Å². The standard InChI is InChI=1S/C13H14N2O4/c1-19-12(17)8-14-10-7-11(16)15(13(10)18)9-5-3-2-4-6-9/h2-6,10,14H,7-8H2,1H3. The Bertz CT molecular complexity index is 501. The number of benzene rings is 1. The Morgan fingerprint density at radius 3 is 2.68 bits per heavy atom. The molecule has 0 radical (unpaired) electrons. The Kier molecular flexibility index (Phi) is 3.91. The van der Waals surface area contributed by atoms with Crippen molar-refractivity contribution in [3.63, 3.8) is 0 Å². The number of amides is 2. The number of nitrogens with zero attached hydrogens (tertiary/aromatic N) is 1. The van der Waals surface area contributed by atoms with Crippen LogP contribution in [0.2, 0.25) is 0 Å². The minimum atomic E-state index is -0.674. The second-order valence-corrected chi connectivity index (χ2v) is 4.12. The van der Waals surface area contributed by atoms with E-state index in [1.807, 2.05) is 6.07 Å². The molecule has 0 spiro atoms. The highest BCUT2D eigenvalue weighted by Crippen LogP contribution is 2.22. The van der Waals surface area contributed by atoms with Gasteiger partial charge in [-0.05, 0) is 12.1 Å². The van der Waals surface area contributed by atoms with Gasteiger partial charge in [-0.1, -0.05) is 18.2 Å². The fourth-order valence-corrected chi connectivity index (χ4v) is 1.92. The predicted octanol–water partition coefficient (Wildman–Crippen LogP) is 0.0811. The van der Waals surface area contributed by atoms with Gasteiger partial charge in [0, 0.05) is 0 Å². The molecule has 19 heavy (non-hydrogen) atoms. The first kappa shape index (κ1) is 13.2. The summed E-state index contributed by atoms with van der Waals surface area (Å²) in [6, 6.07) is 8.03. The van der Waals surface area contributed by atoms with E-state index in [1.165, 1.54) is 7.11 Å². The van der Waals surface area contributed by atoms with E-state index < -0.39 is 12.0 Å². The monoisotopic (exact) mass is 262 g/mol. The number of carbonyl (C=O) groups excluding carboxylic acids is 3. The molecule has 1 aliphatic rings. The van der Waals surface area contributed by atoms with E-state index in [0.29, 0.717) is 5.69 Å². The summed E-state index contributed by atoms with van der Waals surface area (Å²) in [6.07, 6.45) is 0.0464. The van der Waals surface area contributed by atoms with Crippen LogP contribution in [0.3, 0.4) is 0 Å². The Balaban J connectivity index is 2.07. The van der Waals surface area contributed by atoms with Crippen LogP contribution >= 0.6 is 0 Å². The number of ether oxygens (including phenoxy) is 1. The van der Waals surface area contributed by atoms with Gasteiger partial charge in [-0.25, -0.2) is 4.90 Å². The molecular weight excluding hydrogens is 248 g/mol. The molecular formula is C13H14N2O4. The van der Waals surface area contributed by atoms with Gasteiger partial charge in [-0.15, -0.1) is 0 Å². The van der Waals surface area contributed by atoms with Crippen molar-refractivity contribution in [2.24, 2.45) is 0 Å². The Morgan fingerprint density at radius 2 is 2.05 bits per heavy atom. The van der Waals surface area contributed by atoms with Crippen LogP contribution in [-0.4, -0.2) is 37.5 Å². The lowest BCUT2D eigenvalue weighted by Crippen LogP contribution is -2.41. The zero-order valence-corrected chi connectivity index (χ0v) is 10.5. The third-order valence-electron chi connectivity index (χ3n) is 2.88. The quantitative estimate of drug-likeness (QED) is 0.614. The third kappa shape index (κ3) is 2.79. The predicted molar refractivity (Wildman–Crippen MR) is 67.4 cm³/mol. The number of rotatable bonds is 4. The molecule has 6 nitrogen and oxygen atoms in total. The number of para-hydroxylation sites is 1. The highest BCUT2D eigenvalue weighted by Gasteiger charge is 2.39. The third-order valence-corrected chi connectivity index (χ3v) is 2.88. The maximum Gasteiger partial charge on any atom is 0.319 e. The van der Waals surface area contributed by atoms with E-state index in [0.717, 1.165) is 4.90 Å². The van der Waals surface area contributed by atoms with E-state index in [9.17, 15) is 14.4 Å². The Hall–Kier alpha value is -2.21. The van der Waals surface area contributed by atoms with Gasteiger partial charge in [-0.3, -0.25) is 19.7 Å². The molecule has 0 aliphatic carbocycles. The van der Waals surface area contributed by atoms with Crippen LogP contribution in [0, 0.1) is 0 Å². The number of hydrogen-bond acceptors (Lipinski definition) is 5. The molecule has 1 unspecified atom stereocenters. The number of anilines is 1. The Morgan fingerprint density at radius 1 is 1.37 bits per heavy atom. The number of carbonyl (C=O) groups is 3. The number of nitrogens with one attached hydrogen (secondary N) is 1. The minimum absolute atomic E-state index is 0.0464. The van der Waals surface area contributed by atoms with E-state index in [1.54, 1.807) is 24.3 Å². The average molecular weight is 262 g/mol. The van der Waals surface area contributed by atoms with E-state index in [-0.39, 0.29) is 24.8 Å². The van der Waals surface area contributed by atoms with Crippen molar-refractivity contribution < 1.29 is 19.1 Å². The van der Waals surface area contributed by atoms with Crippen molar-refractivity contribution in [1.29, 1.82) is 0 Å². The number of methoxy groups -OCH3 is 1. The molecule has 0 aromatic heterocycles. The van der Waals surface area contributed by atoms with E-state index in [4.69, 9.17) is 0 Å². The van der Waals surface area contributed by atoms with Crippen molar-refractivity contribution >= 4 is 23.5 Å². The van der Waals surface area contributed by atoms with Gasteiger partial charge >= 0.3 is 5.97 Å². The molecule has 100 valence electrons. The van der Waals surface area contributed by atoms with Gasteiger partial charge in [0.15, 0.2) is 0 Å². The van der Waals surface area contributed by atoms with Crippen LogP contribution in [0.4, 0.5) is 5.69 Å². The molecule has 0 saturated carbocycles. The first-order valence-corrected chi connectivity index (χ1v) is 5.85. The molecule has 1 aromatic rings. The SMILES string of the molecule is COC(=O)CNC1CC(=O)N(c2ccccc2)C1=O. The molecule has 1 fully saturated rings. The van der Waals surface area contributed by atoms with Gasteiger partial charge in [0.25, 0.3) is 5.91 Å². The van der Waals surface area contributed by atoms with E-state index in [2.05, 4.69) is 10.1 Å². The summed E-state index contributed by atoms with van der Waals surface area (Å²) in [6.45, 7) is -0.0944. The number of imide groups is 1. The highest BCUT2D eigenvalue weighted by molar-refractivity contribution is 6.22. The van der Waals surface area contributed by atoms with Crippen molar-refractivity contribution in [1.82, 2.24) is 5.32 Å². The summed E-state index contributed by atoms with van der Waals surface area (Å²) < 4.78 is 4.47. The summed E-state index contributed by atoms with van der Waals surface area (Å²) in [7, 11) is 1.27. The van der Waals surface area contributed by atoms with Gasteiger partial charge < -0.3 is 4.74 Å². The van der Waals surface area contributed by atoms with Crippen molar-refractivity contribution in [2.45, 2.75) is 12.5 Å². The fourth-order valence-electron chi connectivity index (χ4n) is 1.92. The smallest absolute Gasteiger partial charge is 0.319 e. The highest BCUT2D eigenvalue weighted by atomic mass is 16.5. The molecule has 1 saturated heterocycles. The molecule has 6 heteroatoms. The lowest BCUT2D eigenvalue weighted by molar-refractivity contribution is -0.139. The van der Waals surface area contributed by atoms with Gasteiger partial charge in [0.1, 0.15) is 0 Å². The molecule has 1 aliphatic heterocycles. The molecule has 1 aromatic carbocycles. The second-order valence-electron chi connectivity index (χ2n) is 4.12. The number of hydrogen-bond donors (Lipinski definition) is 1. The van der Waals surface area contributed by atoms with Crippen molar-refractivity contribution in [2.75, 3.05) is 18.6 Å². The lowest BCUT2D eigenvalue weighted by atomic mass is 10.2. The molecule has 1 N–H and O–H groups in total. The number of esters is 1. The maximum absolute atomic E-state index is 12.1. The van der Waals surface area contributed by atoms with Crippen LogP contribution in [0.25, 0.3) is 0 Å². The zero-order chi connectivity index (χ0) is 13.8. The Labute approximate surface area is 110 Å². The normalized spacial score (nSPS) is 18.8. The fraction of sp³-hybridized carbons (Fsp3) is 0.308. The summed E-state index contributed by atoms with van der Waals surface area (Å²) in [4.78, 5) is 36.1. The summed E-state index contributed by atoms with van der Waals surface area (Å²) in [5, 5.41) is 2.73.